The largest absolute Gasteiger partial charge is 0.464 e. The van der Waals surface area contributed by atoms with E-state index in [9.17, 15) is 4.79 Å². The van der Waals surface area contributed by atoms with Crippen molar-refractivity contribution in [2.45, 2.75) is 25.7 Å². The lowest BCUT2D eigenvalue weighted by Crippen LogP contribution is -2.14. The van der Waals surface area contributed by atoms with Crippen molar-refractivity contribution in [3.05, 3.63) is 59.4 Å². The van der Waals surface area contributed by atoms with Gasteiger partial charge in [0.1, 0.15) is 5.58 Å². The molecule has 1 aliphatic carbocycles. The summed E-state index contributed by atoms with van der Waals surface area (Å²) in [5, 5.41) is 15.5. The predicted molar refractivity (Wildman–Crippen MR) is 105 cm³/mol. The molecule has 0 spiro atoms. The zero-order valence-electron chi connectivity index (χ0n) is 15.5. The maximum Gasteiger partial charge on any atom is 0.228 e. The van der Waals surface area contributed by atoms with E-state index in [0.29, 0.717) is 11.5 Å². The molecule has 0 radical (unpaired) electrons. The fourth-order valence-electron chi connectivity index (χ4n) is 3.87. The molecular weight excluding hydrogens is 354 g/mol. The number of benzene rings is 2. The van der Waals surface area contributed by atoms with Crippen LogP contribution in [0.3, 0.4) is 0 Å². The zero-order chi connectivity index (χ0) is 19.1. The molecule has 28 heavy (non-hydrogen) atoms. The fraction of sp³-hybridized carbons (Fsp3) is 0.238. The van der Waals surface area contributed by atoms with E-state index >= 15 is 0 Å². The number of anilines is 1. The lowest BCUT2D eigenvalue weighted by atomic mass is 10.0. The summed E-state index contributed by atoms with van der Waals surface area (Å²) in [5.41, 5.74) is 6.07. The molecule has 0 aliphatic heterocycles. The van der Waals surface area contributed by atoms with Gasteiger partial charge >= 0.3 is 0 Å². The van der Waals surface area contributed by atoms with E-state index < -0.39 is 0 Å². The molecule has 4 aromatic rings. The van der Waals surface area contributed by atoms with Crippen LogP contribution in [0.15, 0.2) is 47.1 Å². The van der Waals surface area contributed by atoms with Gasteiger partial charge in [-0.3, -0.25) is 4.79 Å². The molecule has 2 heterocycles. The number of hydrogen-bond donors (Lipinski definition) is 1. The molecule has 7 heteroatoms. The average Bonchev–Trinajstić information content (AvgIpc) is 3.40. The van der Waals surface area contributed by atoms with E-state index in [4.69, 9.17) is 4.42 Å². The van der Waals surface area contributed by atoms with E-state index in [1.54, 1.807) is 18.0 Å². The molecule has 1 N–H and O–H groups in total. The number of amides is 1. The lowest BCUT2D eigenvalue weighted by molar-refractivity contribution is -0.115. The van der Waals surface area contributed by atoms with E-state index in [2.05, 4.69) is 33.0 Å². The van der Waals surface area contributed by atoms with Crippen molar-refractivity contribution in [1.82, 2.24) is 20.2 Å². The third kappa shape index (κ3) is 2.94. The van der Waals surface area contributed by atoms with Crippen molar-refractivity contribution in [1.29, 1.82) is 0 Å². The van der Waals surface area contributed by atoms with E-state index in [1.165, 1.54) is 17.5 Å². The Kier molecular flexibility index (Phi) is 3.93. The van der Waals surface area contributed by atoms with Gasteiger partial charge in [-0.05, 0) is 65.1 Å². The van der Waals surface area contributed by atoms with Crippen LogP contribution in [0.5, 0.6) is 0 Å². The molecule has 1 aliphatic rings. The Labute approximate surface area is 161 Å². The second-order valence-electron chi connectivity index (χ2n) is 7.16. The third-order valence-corrected chi connectivity index (χ3v) is 5.24. The highest BCUT2D eigenvalue weighted by Crippen LogP contribution is 2.30. The number of nitrogens with one attached hydrogen (secondary N) is 1. The minimum Gasteiger partial charge on any atom is -0.464 e. The number of aryl methyl sites for hydroxylation is 3. The summed E-state index contributed by atoms with van der Waals surface area (Å²) in [7, 11) is 1.78. The Balaban J connectivity index is 1.36. The Morgan fingerprint density at radius 1 is 1.21 bits per heavy atom. The van der Waals surface area contributed by atoms with Crippen LogP contribution < -0.4 is 5.32 Å². The van der Waals surface area contributed by atoms with Crippen LogP contribution in [-0.4, -0.2) is 26.1 Å². The van der Waals surface area contributed by atoms with Crippen molar-refractivity contribution in [2.75, 3.05) is 5.32 Å². The van der Waals surface area contributed by atoms with Gasteiger partial charge in [-0.25, -0.2) is 4.68 Å². The van der Waals surface area contributed by atoms with Crippen molar-refractivity contribution in [3.8, 4) is 11.4 Å². The summed E-state index contributed by atoms with van der Waals surface area (Å²) in [4.78, 5) is 12.6. The maximum atomic E-state index is 12.6. The topological polar surface area (TPSA) is 85.8 Å². The SMILES string of the molecule is Cn1nnnc1-c1cccc(NC(=O)Cc2coc3cc4c(cc23)CCC4)c1. The molecule has 0 saturated heterocycles. The molecule has 7 nitrogen and oxygen atoms in total. The van der Waals surface area contributed by atoms with Crippen LogP contribution in [0.2, 0.25) is 0 Å². The first-order valence-electron chi connectivity index (χ1n) is 9.32. The van der Waals surface area contributed by atoms with Gasteiger partial charge in [0.15, 0.2) is 5.82 Å². The van der Waals surface area contributed by atoms with Crippen LogP contribution in [0.25, 0.3) is 22.4 Å². The van der Waals surface area contributed by atoms with Crippen LogP contribution in [-0.2, 0) is 31.1 Å². The quantitative estimate of drug-likeness (QED) is 0.593. The number of nitrogens with zero attached hydrogens (tertiary/aromatic N) is 4. The second-order valence-corrected chi connectivity index (χ2v) is 7.16. The van der Waals surface area contributed by atoms with Gasteiger partial charge in [0.25, 0.3) is 0 Å². The highest BCUT2D eigenvalue weighted by Gasteiger charge is 2.17. The summed E-state index contributed by atoms with van der Waals surface area (Å²) in [5.74, 6) is 0.558. The maximum absolute atomic E-state index is 12.6. The number of aromatic nitrogens is 4. The highest BCUT2D eigenvalue weighted by molar-refractivity contribution is 5.96. The van der Waals surface area contributed by atoms with Gasteiger partial charge < -0.3 is 9.73 Å². The van der Waals surface area contributed by atoms with Crippen LogP contribution in [0, 0.1) is 0 Å². The van der Waals surface area contributed by atoms with E-state index in [0.717, 1.165) is 34.9 Å². The Hall–Kier alpha value is -3.48. The summed E-state index contributed by atoms with van der Waals surface area (Å²) in [6.45, 7) is 0. The van der Waals surface area contributed by atoms with Crippen molar-refractivity contribution in [2.24, 2.45) is 7.05 Å². The zero-order valence-corrected chi connectivity index (χ0v) is 15.5. The summed E-state index contributed by atoms with van der Waals surface area (Å²) in [6.07, 6.45) is 5.36. The van der Waals surface area contributed by atoms with Gasteiger partial charge in [-0.1, -0.05) is 12.1 Å². The number of carbonyl (C=O) groups is 1. The fourth-order valence-corrected chi connectivity index (χ4v) is 3.87. The Bertz CT molecular complexity index is 1190. The molecular formula is C21H19N5O2. The first-order valence-corrected chi connectivity index (χ1v) is 9.32. The summed E-state index contributed by atoms with van der Waals surface area (Å²) < 4.78 is 7.30. The minimum atomic E-state index is -0.0866. The van der Waals surface area contributed by atoms with Crippen LogP contribution >= 0.6 is 0 Å². The molecule has 0 fully saturated rings. The number of tetrazole rings is 1. The van der Waals surface area contributed by atoms with E-state index in [-0.39, 0.29) is 12.3 Å². The number of rotatable bonds is 4. The molecule has 5 rings (SSSR count). The molecule has 140 valence electrons. The number of fused-ring (bicyclic) bond motifs is 2. The molecule has 0 bridgehead atoms. The number of hydrogen-bond acceptors (Lipinski definition) is 5. The second kappa shape index (κ2) is 6.60. The summed E-state index contributed by atoms with van der Waals surface area (Å²) >= 11 is 0. The Morgan fingerprint density at radius 2 is 2.07 bits per heavy atom. The highest BCUT2D eigenvalue weighted by atomic mass is 16.3. The van der Waals surface area contributed by atoms with Crippen molar-refractivity contribution < 1.29 is 9.21 Å². The normalized spacial score (nSPS) is 13.0. The van der Waals surface area contributed by atoms with Gasteiger partial charge in [0, 0.05) is 29.2 Å². The van der Waals surface area contributed by atoms with Crippen molar-refractivity contribution in [3.63, 3.8) is 0 Å². The van der Waals surface area contributed by atoms with Crippen LogP contribution in [0.4, 0.5) is 5.69 Å². The molecule has 0 unspecified atom stereocenters. The molecule has 2 aromatic heterocycles. The van der Waals surface area contributed by atoms with Gasteiger partial charge in [0.05, 0.1) is 12.7 Å². The standard InChI is InChI=1S/C21H19N5O2/c1-26-21(23-24-25-26)15-6-3-7-17(8-15)22-20(27)11-16-12-28-19-10-14-5-2-4-13(14)9-18(16)19/h3,6-10,12H,2,4-5,11H2,1H3,(H,22,27). The molecule has 2 aromatic carbocycles. The first kappa shape index (κ1) is 16.7. The van der Waals surface area contributed by atoms with Crippen molar-refractivity contribution >= 4 is 22.6 Å². The average molecular weight is 373 g/mol. The monoisotopic (exact) mass is 373 g/mol. The van der Waals surface area contributed by atoms with E-state index in [1.807, 2.05) is 24.3 Å². The van der Waals surface area contributed by atoms with Crippen LogP contribution in [0.1, 0.15) is 23.1 Å². The molecule has 1 amide bonds. The third-order valence-electron chi connectivity index (χ3n) is 5.24. The first-order chi connectivity index (χ1) is 13.7. The summed E-state index contributed by atoms with van der Waals surface area (Å²) in [6, 6.07) is 11.8. The van der Waals surface area contributed by atoms with Gasteiger partial charge in [-0.15, -0.1) is 5.10 Å². The van der Waals surface area contributed by atoms with Gasteiger partial charge in [-0.2, -0.15) is 0 Å². The predicted octanol–water partition coefficient (Wildman–Crippen LogP) is 3.29. The minimum absolute atomic E-state index is 0.0866. The Morgan fingerprint density at radius 3 is 2.89 bits per heavy atom. The molecule has 0 atom stereocenters. The van der Waals surface area contributed by atoms with Gasteiger partial charge in [0.2, 0.25) is 5.91 Å². The lowest BCUT2D eigenvalue weighted by Gasteiger charge is -2.07. The number of furan rings is 1. The molecule has 0 saturated carbocycles. The smallest absolute Gasteiger partial charge is 0.228 e. The number of carbonyl (C=O) groups excluding carboxylic acids is 1.